The van der Waals surface area contributed by atoms with Crippen LogP contribution < -0.4 is 5.32 Å². The van der Waals surface area contributed by atoms with Crippen molar-refractivity contribution >= 4 is 6.03 Å². The van der Waals surface area contributed by atoms with Crippen molar-refractivity contribution in [3.63, 3.8) is 0 Å². The summed E-state index contributed by atoms with van der Waals surface area (Å²) in [6.45, 7) is 6.33. The van der Waals surface area contributed by atoms with Gasteiger partial charge in [-0.1, -0.05) is 13.8 Å². The summed E-state index contributed by atoms with van der Waals surface area (Å²) in [4.78, 5) is 12.9. The Balaban J connectivity index is 2.15. The van der Waals surface area contributed by atoms with Gasteiger partial charge in [0, 0.05) is 20.1 Å². The van der Waals surface area contributed by atoms with E-state index in [-0.39, 0.29) is 6.03 Å². The Kier molecular flexibility index (Phi) is 2.95. The minimum atomic E-state index is 0.0648. The zero-order valence-corrected chi connectivity index (χ0v) is 8.13. The maximum atomic E-state index is 11.0. The third kappa shape index (κ3) is 2.13. The van der Waals surface area contributed by atoms with Gasteiger partial charge in [-0.3, -0.25) is 0 Å². The SMILES string of the molecule is CNC(=O)N1CC(CC(C)C)C1. The standard InChI is InChI=1S/C9H18N2O/c1-7(2)4-8-5-11(6-8)9(12)10-3/h7-8H,4-6H2,1-3H3,(H,10,12). The highest BCUT2D eigenvalue weighted by Gasteiger charge is 2.29. The Morgan fingerprint density at radius 2 is 2.17 bits per heavy atom. The lowest BCUT2D eigenvalue weighted by Gasteiger charge is -2.39. The molecule has 1 N–H and O–H groups in total. The van der Waals surface area contributed by atoms with Crippen molar-refractivity contribution in [1.82, 2.24) is 10.2 Å². The summed E-state index contributed by atoms with van der Waals surface area (Å²) >= 11 is 0. The normalized spacial score (nSPS) is 17.8. The van der Waals surface area contributed by atoms with Crippen LogP contribution in [0.25, 0.3) is 0 Å². The smallest absolute Gasteiger partial charge is 0.317 e. The Labute approximate surface area is 74.1 Å². The largest absolute Gasteiger partial charge is 0.341 e. The van der Waals surface area contributed by atoms with E-state index in [4.69, 9.17) is 0 Å². The second-order valence-electron chi connectivity index (χ2n) is 3.96. The molecule has 0 aromatic heterocycles. The second-order valence-corrected chi connectivity index (χ2v) is 3.96. The van der Waals surface area contributed by atoms with Gasteiger partial charge in [-0.25, -0.2) is 4.79 Å². The van der Waals surface area contributed by atoms with E-state index >= 15 is 0 Å². The summed E-state index contributed by atoms with van der Waals surface area (Å²) in [6.07, 6.45) is 1.24. The second kappa shape index (κ2) is 3.78. The van der Waals surface area contributed by atoms with Crippen LogP contribution in [-0.4, -0.2) is 31.1 Å². The maximum absolute atomic E-state index is 11.0. The van der Waals surface area contributed by atoms with Crippen LogP contribution in [0.2, 0.25) is 0 Å². The first-order valence-electron chi connectivity index (χ1n) is 4.60. The molecule has 12 heavy (non-hydrogen) atoms. The van der Waals surface area contributed by atoms with Gasteiger partial charge in [0.1, 0.15) is 0 Å². The monoisotopic (exact) mass is 170 g/mol. The quantitative estimate of drug-likeness (QED) is 0.665. The fraction of sp³-hybridized carbons (Fsp3) is 0.889. The number of hydrogen-bond donors (Lipinski definition) is 1. The summed E-state index contributed by atoms with van der Waals surface area (Å²) in [5, 5.41) is 2.63. The molecular weight excluding hydrogens is 152 g/mol. The predicted molar refractivity (Wildman–Crippen MR) is 49.0 cm³/mol. The Morgan fingerprint density at radius 3 is 2.58 bits per heavy atom. The van der Waals surface area contributed by atoms with Crippen LogP contribution in [0, 0.1) is 11.8 Å². The molecule has 1 heterocycles. The highest BCUT2D eigenvalue weighted by molar-refractivity contribution is 5.74. The van der Waals surface area contributed by atoms with Crippen LogP contribution >= 0.6 is 0 Å². The molecule has 0 aromatic carbocycles. The molecule has 0 radical (unpaired) electrons. The molecule has 70 valence electrons. The number of carbonyl (C=O) groups is 1. The van der Waals surface area contributed by atoms with Gasteiger partial charge in [-0.15, -0.1) is 0 Å². The van der Waals surface area contributed by atoms with Crippen LogP contribution in [0.15, 0.2) is 0 Å². The number of amides is 2. The Morgan fingerprint density at radius 1 is 1.58 bits per heavy atom. The van der Waals surface area contributed by atoms with Crippen molar-refractivity contribution in [2.75, 3.05) is 20.1 Å². The van der Waals surface area contributed by atoms with Gasteiger partial charge in [0.2, 0.25) is 0 Å². The van der Waals surface area contributed by atoms with Gasteiger partial charge < -0.3 is 10.2 Å². The van der Waals surface area contributed by atoms with E-state index in [0.29, 0.717) is 0 Å². The highest BCUT2D eigenvalue weighted by atomic mass is 16.2. The minimum Gasteiger partial charge on any atom is -0.341 e. The summed E-state index contributed by atoms with van der Waals surface area (Å²) in [5.41, 5.74) is 0. The van der Waals surface area contributed by atoms with Gasteiger partial charge in [-0.05, 0) is 18.3 Å². The molecule has 1 rings (SSSR count). The number of nitrogens with zero attached hydrogens (tertiary/aromatic N) is 1. The van der Waals surface area contributed by atoms with Crippen LogP contribution in [-0.2, 0) is 0 Å². The number of hydrogen-bond acceptors (Lipinski definition) is 1. The van der Waals surface area contributed by atoms with Gasteiger partial charge >= 0.3 is 6.03 Å². The average Bonchev–Trinajstić information content (AvgIpc) is 1.94. The summed E-state index contributed by atoms with van der Waals surface area (Å²) < 4.78 is 0. The first-order chi connectivity index (χ1) is 5.63. The molecule has 0 spiro atoms. The summed E-state index contributed by atoms with van der Waals surface area (Å²) in [5.74, 6) is 1.49. The molecule has 0 unspecified atom stereocenters. The number of rotatable bonds is 2. The molecule has 0 saturated carbocycles. The lowest BCUT2D eigenvalue weighted by Crippen LogP contribution is -2.53. The molecular formula is C9H18N2O. The molecule has 1 aliphatic rings. The summed E-state index contributed by atoms with van der Waals surface area (Å²) in [7, 11) is 1.68. The van der Waals surface area contributed by atoms with Gasteiger partial charge in [-0.2, -0.15) is 0 Å². The number of urea groups is 1. The van der Waals surface area contributed by atoms with Crippen LogP contribution in [0.4, 0.5) is 4.79 Å². The molecule has 1 aliphatic heterocycles. The van der Waals surface area contributed by atoms with Crippen molar-refractivity contribution in [1.29, 1.82) is 0 Å². The van der Waals surface area contributed by atoms with Crippen LogP contribution in [0.5, 0.6) is 0 Å². The molecule has 0 aromatic rings. The predicted octanol–water partition coefficient (Wildman–Crippen LogP) is 1.30. The molecule has 0 bridgehead atoms. The molecule has 2 amide bonds. The van der Waals surface area contributed by atoms with Crippen LogP contribution in [0.3, 0.4) is 0 Å². The van der Waals surface area contributed by atoms with Gasteiger partial charge in [0.25, 0.3) is 0 Å². The Bertz CT molecular complexity index is 162. The number of carbonyl (C=O) groups excluding carboxylic acids is 1. The van der Waals surface area contributed by atoms with E-state index in [0.717, 1.165) is 24.9 Å². The lowest BCUT2D eigenvalue weighted by molar-refractivity contribution is 0.109. The van der Waals surface area contributed by atoms with Crippen molar-refractivity contribution in [2.24, 2.45) is 11.8 Å². The van der Waals surface area contributed by atoms with E-state index in [1.54, 1.807) is 7.05 Å². The number of nitrogens with one attached hydrogen (secondary N) is 1. The molecule has 0 aliphatic carbocycles. The fourth-order valence-electron chi connectivity index (χ4n) is 1.71. The molecule has 3 nitrogen and oxygen atoms in total. The molecule has 1 saturated heterocycles. The average molecular weight is 170 g/mol. The zero-order valence-electron chi connectivity index (χ0n) is 8.13. The van der Waals surface area contributed by atoms with E-state index < -0.39 is 0 Å². The lowest BCUT2D eigenvalue weighted by atomic mass is 9.91. The van der Waals surface area contributed by atoms with Crippen molar-refractivity contribution in [2.45, 2.75) is 20.3 Å². The maximum Gasteiger partial charge on any atom is 0.317 e. The van der Waals surface area contributed by atoms with E-state index in [2.05, 4.69) is 19.2 Å². The first-order valence-corrected chi connectivity index (χ1v) is 4.60. The molecule has 3 heteroatoms. The van der Waals surface area contributed by atoms with Gasteiger partial charge in [0.15, 0.2) is 0 Å². The number of likely N-dealkylation sites (tertiary alicyclic amines) is 1. The topological polar surface area (TPSA) is 32.3 Å². The third-order valence-corrected chi connectivity index (χ3v) is 2.26. The van der Waals surface area contributed by atoms with Crippen molar-refractivity contribution in [3.05, 3.63) is 0 Å². The zero-order chi connectivity index (χ0) is 9.14. The first kappa shape index (κ1) is 9.36. The minimum absolute atomic E-state index is 0.0648. The molecule has 1 fully saturated rings. The van der Waals surface area contributed by atoms with Gasteiger partial charge in [0.05, 0.1) is 0 Å². The fourth-order valence-corrected chi connectivity index (χ4v) is 1.71. The third-order valence-electron chi connectivity index (χ3n) is 2.26. The highest BCUT2D eigenvalue weighted by Crippen LogP contribution is 2.22. The van der Waals surface area contributed by atoms with E-state index in [1.165, 1.54) is 6.42 Å². The van der Waals surface area contributed by atoms with Crippen molar-refractivity contribution < 1.29 is 4.79 Å². The summed E-state index contributed by atoms with van der Waals surface area (Å²) in [6, 6.07) is 0.0648. The molecule has 0 atom stereocenters. The van der Waals surface area contributed by atoms with E-state index in [1.807, 2.05) is 4.90 Å². The van der Waals surface area contributed by atoms with Crippen LogP contribution in [0.1, 0.15) is 20.3 Å². The Hall–Kier alpha value is -0.730. The van der Waals surface area contributed by atoms with Crippen molar-refractivity contribution in [3.8, 4) is 0 Å². The van der Waals surface area contributed by atoms with E-state index in [9.17, 15) is 4.79 Å².